The summed E-state index contributed by atoms with van der Waals surface area (Å²) in [4.78, 5) is 3.87. The summed E-state index contributed by atoms with van der Waals surface area (Å²) < 4.78 is 29.4. The minimum atomic E-state index is -3.66. The topological polar surface area (TPSA) is 94.3 Å². The largest absolute Gasteiger partial charge is 0.383 e. The van der Waals surface area contributed by atoms with Crippen LogP contribution in [0.25, 0.3) is 0 Å². The molecule has 1 N–H and O–H groups in total. The second kappa shape index (κ2) is 7.18. The molecule has 3 atom stereocenters. The van der Waals surface area contributed by atoms with Crippen molar-refractivity contribution in [2.75, 3.05) is 6.26 Å². The van der Waals surface area contributed by atoms with Crippen LogP contribution in [0.15, 0.2) is 36.9 Å². The summed E-state index contributed by atoms with van der Waals surface area (Å²) in [5.41, 5.74) is -1.03. The van der Waals surface area contributed by atoms with Gasteiger partial charge in [-0.15, -0.1) is 0 Å². The van der Waals surface area contributed by atoms with Crippen molar-refractivity contribution >= 4 is 21.7 Å². The molecule has 1 heterocycles. The molecule has 7 nitrogen and oxygen atoms in total. The van der Waals surface area contributed by atoms with Crippen molar-refractivity contribution in [1.29, 1.82) is 0 Å². The van der Waals surface area contributed by atoms with Gasteiger partial charge in [0.25, 0.3) is 10.1 Å². The van der Waals surface area contributed by atoms with Crippen LogP contribution < -0.4 is 0 Å². The van der Waals surface area contributed by atoms with Gasteiger partial charge in [0.15, 0.2) is 0 Å². The summed E-state index contributed by atoms with van der Waals surface area (Å²) in [6, 6.07) is 6.87. The van der Waals surface area contributed by atoms with E-state index in [0.29, 0.717) is 10.6 Å². The number of aromatic nitrogens is 3. The normalized spacial score (nSPS) is 17.2. The fourth-order valence-electron chi connectivity index (χ4n) is 2.60. The Morgan fingerprint density at radius 1 is 1.38 bits per heavy atom. The molecule has 0 radical (unpaired) electrons. The van der Waals surface area contributed by atoms with Crippen LogP contribution >= 0.6 is 11.6 Å². The lowest BCUT2D eigenvalue weighted by Gasteiger charge is -2.37. The lowest BCUT2D eigenvalue weighted by atomic mass is 9.79. The Morgan fingerprint density at radius 3 is 2.58 bits per heavy atom. The van der Waals surface area contributed by atoms with Gasteiger partial charge in [0, 0.05) is 16.5 Å². The van der Waals surface area contributed by atoms with Gasteiger partial charge in [0.1, 0.15) is 18.3 Å². The predicted molar refractivity (Wildman–Crippen MR) is 89.9 cm³/mol. The third kappa shape index (κ3) is 4.32. The summed E-state index contributed by atoms with van der Waals surface area (Å²) >= 11 is 6.27. The van der Waals surface area contributed by atoms with Crippen LogP contribution in [0.5, 0.6) is 0 Å². The Hall–Kier alpha value is -1.48. The highest BCUT2D eigenvalue weighted by Gasteiger charge is 2.42. The second-order valence-electron chi connectivity index (χ2n) is 5.79. The number of aliphatic hydroxyl groups is 1. The van der Waals surface area contributed by atoms with Crippen LogP contribution in [0.4, 0.5) is 0 Å². The van der Waals surface area contributed by atoms with Crippen molar-refractivity contribution in [2.24, 2.45) is 5.92 Å². The van der Waals surface area contributed by atoms with Crippen molar-refractivity contribution in [3.63, 3.8) is 0 Å². The SMILES string of the molecule is C[C@H](OS(C)(=O)=O)[C@H](C)[C@](O)(Cn1cncn1)c1ccccc1Cl. The highest BCUT2D eigenvalue weighted by atomic mass is 35.5. The van der Waals surface area contributed by atoms with Crippen LogP contribution in [0.3, 0.4) is 0 Å². The maximum Gasteiger partial charge on any atom is 0.264 e. The van der Waals surface area contributed by atoms with E-state index in [-0.39, 0.29) is 6.54 Å². The quantitative estimate of drug-likeness (QED) is 0.744. The molecule has 2 aromatic rings. The second-order valence-corrected chi connectivity index (χ2v) is 7.80. The molecule has 0 amide bonds. The first-order chi connectivity index (χ1) is 11.1. The first kappa shape index (κ1) is 18.9. The number of hydrogen-bond acceptors (Lipinski definition) is 6. The molecule has 0 unspecified atom stereocenters. The first-order valence-corrected chi connectivity index (χ1v) is 9.51. The number of rotatable bonds is 7. The van der Waals surface area contributed by atoms with Gasteiger partial charge in [0.05, 0.1) is 18.9 Å². The molecule has 0 saturated carbocycles. The monoisotopic (exact) mass is 373 g/mol. The number of halogens is 1. The van der Waals surface area contributed by atoms with E-state index >= 15 is 0 Å². The molecule has 2 rings (SSSR count). The predicted octanol–water partition coefficient (Wildman–Crippen LogP) is 1.82. The van der Waals surface area contributed by atoms with Crippen molar-refractivity contribution in [3.05, 3.63) is 47.5 Å². The molecule has 1 aromatic carbocycles. The molecule has 1 aromatic heterocycles. The lowest BCUT2D eigenvalue weighted by Crippen LogP contribution is -2.44. The Kier molecular flexibility index (Phi) is 5.64. The zero-order valence-corrected chi connectivity index (χ0v) is 15.2. The summed E-state index contributed by atoms with van der Waals surface area (Å²) in [5, 5.41) is 15.8. The zero-order valence-electron chi connectivity index (χ0n) is 13.6. The van der Waals surface area contributed by atoms with Crippen molar-refractivity contribution in [3.8, 4) is 0 Å². The van der Waals surface area contributed by atoms with Gasteiger partial charge in [-0.1, -0.05) is 36.7 Å². The van der Waals surface area contributed by atoms with Gasteiger partial charge >= 0.3 is 0 Å². The molecule has 0 bridgehead atoms. The fraction of sp³-hybridized carbons (Fsp3) is 0.467. The van der Waals surface area contributed by atoms with E-state index in [4.69, 9.17) is 15.8 Å². The lowest BCUT2D eigenvalue weighted by molar-refractivity contribution is -0.0703. The van der Waals surface area contributed by atoms with E-state index in [2.05, 4.69) is 10.1 Å². The minimum Gasteiger partial charge on any atom is -0.383 e. The smallest absolute Gasteiger partial charge is 0.264 e. The van der Waals surface area contributed by atoms with E-state index in [9.17, 15) is 13.5 Å². The van der Waals surface area contributed by atoms with Crippen LogP contribution in [0, 0.1) is 5.92 Å². The van der Waals surface area contributed by atoms with E-state index in [0.717, 1.165) is 6.26 Å². The fourth-order valence-corrected chi connectivity index (χ4v) is 3.61. The molecule has 24 heavy (non-hydrogen) atoms. The number of nitrogens with zero attached hydrogens (tertiary/aromatic N) is 3. The first-order valence-electron chi connectivity index (χ1n) is 7.31. The molecule has 0 spiro atoms. The van der Waals surface area contributed by atoms with Gasteiger partial charge in [-0.3, -0.25) is 4.18 Å². The maximum atomic E-state index is 11.4. The van der Waals surface area contributed by atoms with Gasteiger partial charge in [-0.2, -0.15) is 13.5 Å². The summed E-state index contributed by atoms with van der Waals surface area (Å²) in [7, 11) is -3.66. The zero-order chi connectivity index (χ0) is 18.0. The Morgan fingerprint density at radius 2 is 2.04 bits per heavy atom. The Balaban J connectivity index is 2.44. The molecule has 0 aliphatic carbocycles. The number of benzene rings is 1. The molecule has 0 fully saturated rings. The van der Waals surface area contributed by atoms with E-state index in [1.165, 1.54) is 17.3 Å². The molecular weight excluding hydrogens is 354 g/mol. The van der Waals surface area contributed by atoms with Crippen molar-refractivity contribution in [2.45, 2.75) is 32.1 Å². The van der Waals surface area contributed by atoms with Gasteiger partial charge < -0.3 is 5.11 Å². The molecule has 0 aliphatic rings. The van der Waals surface area contributed by atoms with Crippen LogP contribution in [0.2, 0.25) is 5.02 Å². The molecule has 9 heteroatoms. The summed E-state index contributed by atoms with van der Waals surface area (Å²) in [6.45, 7) is 3.35. The molecule has 0 aliphatic heterocycles. The molecule has 0 saturated heterocycles. The van der Waals surface area contributed by atoms with Crippen LogP contribution in [-0.4, -0.2) is 40.6 Å². The highest BCUT2D eigenvalue weighted by molar-refractivity contribution is 7.86. The summed E-state index contributed by atoms with van der Waals surface area (Å²) in [6.07, 6.45) is 3.03. The Labute approximate surface area is 146 Å². The van der Waals surface area contributed by atoms with Crippen LogP contribution in [0.1, 0.15) is 19.4 Å². The number of hydrogen-bond donors (Lipinski definition) is 1. The standard InChI is InChI=1S/C15H20ClN3O4S/c1-11(12(2)23-24(3,21)22)15(20,8-19-10-17-9-18-19)13-6-4-5-7-14(13)16/h4-7,9-12,20H,8H2,1-3H3/t11-,12-,15+/m0/s1. The highest BCUT2D eigenvalue weighted by Crippen LogP contribution is 2.38. The van der Waals surface area contributed by atoms with Gasteiger partial charge in [-0.05, 0) is 13.0 Å². The molecular formula is C15H20ClN3O4S. The Bertz CT molecular complexity index is 782. The van der Waals surface area contributed by atoms with Crippen molar-refractivity contribution in [1.82, 2.24) is 14.8 Å². The average molecular weight is 374 g/mol. The van der Waals surface area contributed by atoms with Gasteiger partial charge in [-0.25, -0.2) is 9.67 Å². The van der Waals surface area contributed by atoms with Crippen molar-refractivity contribution < 1.29 is 17.7 Å². The molecule has 132 valence electrons. The van der Waals surface area contributed by atoms with E-state index in [1.54, 1.807) is 38.1 Å². The maximum absolute atomic E-state index is 11.4. The van der Waals surface area contributed by atoms with E-state index < -0.39 is 27.7 Å². The third-order valence-electron chi connectivity index (χ3n) is 3.99. The van der Waals surface area contributed by atoms with E-state index in [1.807, 2.05) is 0 Å². The van der Waals surface area contributed by atoms with Gasteiger partial charge in [0.2, 0.25) is 0 Å². The summed E-state index contributed by atoms with van der Waals surface area (Å²) in [5.74, 6) is -0.601. The minimum absolute atomic E-state index is 0.0510. The average Bonchev–Trinajstić information content (AvgIpc) is 2.97. The third-order valence-corrected chi connectivity index (χ3v) is 4.98. The van der Waals surface area contributed by atoms with Crippen LogP contribution in [-0.2, 0) is 26.4 Å².